The van der Waals surface area contributed by atoms with Gasteiger partial charge in [-0.25, -0.2) is 4.79 Å². The molecule has 0 aromatic heterocycles. The number of benzene rings is 2. The van der Waals surface area contributed by atoms with E-state index in [1.807, 2.05) is 24.3 Å². The summed E-state index contributed by atoms with van der Waals surface area (Å²) in [6.07, 6.45) is 0. The van der Waals surface area contributed by atoms with E-state index in [2.05, 4.69) is 20.8 Å². The zero-order chi connectivity index (χ0) is 14.8. The van der Waals surface area contributed by atoms with E-state index in [0.717, 1.165) is 0 Å². The summed E-state index contributed by atoms with van der Waals surface area (Å²) in [6, 6.07) is 14.3. The molecule has 0 radical (unpaired) electrons. The van der Waals surface area contributed by atoms with Crippen LogP contribution in [0.3, 0.4) is 0 Å². The molecule has 0 spiro atoms. The molecule has 0 saturated carbocycles. The predicted molar refractivity (Wildman–Crippen MR) is 81.6 cm³/mol. The Morgan fingerprint density at radius 3 is 2.25 bits per heavy atom. The Hall–Kier alpha value is -1.80. The number of hydrogen-bond donors (Lipinski definition) is 0. The van der Waals surface area contributed by atoms with Crippen molar-refractivity contribution >= 4 is 17.6 Å². The summed E-state index contributed by atoms with van der Waals surface area (Å²) >= 11 is 5.86. The van der Waals surface area contributed by atoms with Crippen LogP contribution in [-0.2, 0) is 5.41 Å². The van der Waals surface area contributed by atoms with Crippen LogP contribution in [0.4, 0.5) is 0 Å². The van der Waals surface area contributed by atoms with E-state index >= 15 is 0 Å². The van der Waals surface area contributed by atoms with Gasteiger partial charge < -0.3 is 4.74 Å². The maximum absolute atomic E-state index is 12.0. The van der Waals surface area contributed by atoms with Crippen molar-refractivity contribution in [3.05, 3.63) is 64.7 Å². The van der Waals surface area contributed by atoms with E-state index < -0.39 is 5.97 Å². The van der Waals surface area contributed by atoms with Gasteiger partial charge in [-0.3, -0.25) is 0 Å². The van der Waals surface area contributed by atoms with Gasteiger partial charge in [0.05, 0.1) is 5.56 Å². The third-order valence-electron chi connectivity index (χ3n) is 2.99. The molecule has 0 aliphatic heterocycles. The van der Waals surface area contributed by atoms with Crippen LogP contribution in [0.15, 0.2) is 48.5 Å². The SMILES string of the molecule is CC(C)(C)c1ccc(OC(=O)c2cccc(Cl)c2)cc1. The van der Waals surface area contributed by atoms with E-state index in [-0.39, 0.29) is 5.41 Å². The van der Waals surface area contributed by atoms with Gasteiger partial charge in [-0.05, 0) is 41.3 Å². The van der Waals surface area contributed by atoms with E-state index in [0.29, 0.717) is 16.3 Å². The Kier molecular flexibility index (Phi) is 4.15. The summed E-state index contributed by atoms with van der Waals surface area (Å²) in [7, 11) is 0. The second-order valence-electron chi connectivity index (χ2n) is 5.67. The van der Waals surface area contributed by atoms with Gasteiger partial charge >= 0.3 is 5.97 Å². The minimum absolute atomic E-state index is 0.0789. The number of carbonyl (C=O) groups excluding carboxylic acids is 1. The Labute approximate surface area is 124 Å². The molecule has 0 amide bonds. The van der Waals surface area contributed by atoms with Crippen molar-refractivity contribution in [2.24, 2.45) is 0 Å². The van der Waals surface area contributed by atoms with Crippen LogP contribution in [0.1, 0.15) is 36.7 Å². The van der Waals surface area contributed by atoms with Gasteiger partial charge in [0.1, 0.15) is 5.75 Å². The lowest BCUT2D eigenvalue weighted by Crippen LogP contribution is -2.11. The van der Waals surface area contributed by atoms with Crippen LogP contribution >= 0.6 is 11.6 Å². The number of hydrogen-bond acceptors (Lipinski definition) is 2. The lowest BCUT2D eigenvalue weighted by Gasteiger charge is -2.19. The minimum Gasteiger partial charge on any atom is -0.423 e. The largest absolute Gasteiger partial charge is 0.423 e. The third-order valence-corrected chi connectivity index (χ3v) is 3.23. The fourth-order valence-electron chi connectivity index (χ4n) is 1.80. The zero-order valence-electron chi connectivity index (χ0n) is 11.8. The Balaban J connectivity index is 2.12. The Bertz CT molecular complexity index is 610. The summed E-state index contributed by atoms with van der Waals surface area (Å²) in [5, 5.41) is 0.516. The lowest BCUT2D eigenvalue weighted by molar-refractivity contribution is 0.0734. The van der Waals surface area contributed by atoms with Gasteiger partial charge in [-0.1, -0.05) is 50.6 Å². The highest BCUT2D eigenvalue weighted by Gasteiger charge is 2.14. The summed E-state index contributed by atoms with van der Waals surface area (Å²) in [6.45, 7) is 6.42. The molecule has 2 rings (SSSR count). The molecule has 0 aliphatic rings. The van der Waals surface area contributed by atoms with Gasteiger partial charge in [0.25, 0.3) is 0 Å². The maximum atomic E-state index is 12.0. The monoisotopic (exact) mass is 288 g/mol. The smallest absolute Gasteiger partial charge is 0.343 e. The van der Waals surface area contributed by atoms with Crippen molar-refractivity contribution in [2.75, 3.05) is 0 Å². The first-order chi connectivity index (χ1) is 9.36. The highest BCUT2D eigenvalue weighted by atomic mass is 35.5. The van der Waals surface area contributed by atoms with Crippen LogP contribution in [0.25, 0.3) is 0 Å². The first kappa shape index (κ1) is 14.6. The highest BCUT2D eigenvalue weighted by Crippen LogP contribution is 2.24. The van der Waals surface area contributed by atoms with Crippen molar-refractivity contribution in [1.82, 2.24) is 0 Å². The molecule has 0 aliphatic carbocycles. The van der Waals surface area contributed by atoms with Gasteiger partial charge in [-0.2, -0.15) is 0 Å². The number of ether oxygens (including phenoxy) is 1. The van der Waals surface area contributed by atoms with Crippen molar-refractivity contribution in [3.8, 4) is 5.75 Å². The number of rotatable bonds is 2. The molecule has 0 bridgehead atoms. The average Bonchev–Trinajstić information content (AvgIpc) is 2.38. The predicted octanol–water partition coefficient (Wildman–Crippen LogP) is 4.86. The normalized spacial score (nSPS) is 11.2. The average molecular weight is 289 g/mol. The quantitative estimate of drug-likeness (QED) is 0.583. The highest BCUT2D eigenvalue weighted by molar-refractivity contribution is 6.30. The van der Waals surface area contributed by atoms with Crippen molar-refractivity contribution in [3.63, 3.8) is 0 Å². The van der Waals surface area contributed by atoms with Gasteiger partial charge in [0.2, 0.25) is 0 Å². The topological polar surface area (TPSA) is 26.3 Å². The molecular formula is C17H17ClO2. The number of carbonyl (C=O) groups is 1. The second-order valence-corrected chi connectivity index (χ2v) is 6.11. The van der Waals surface area contributed by atoms with Crippen LogP contribution in [0.5, 0.6) is 5.75 Å². The molecule has 0 atom stereocenters. The Morgan fingerprint density at radius 2 is 1.70 bits per heavy atom. The Morgan fingerprint density at radius 1 is 1.05 bits per heavy atom. The molecule has 0 saturated heterocycles. The first-order valence-corrected chi connectivity index (χ1v) is 6.82. The zero-order valence-corrected chi connectivity index (χ0v) is 12.6. The van der Waals surface area contributed by atoms with E-state index in [1.54, 1.807) is 24.3 Å². The van der Waals surface area contributed by atoms with E-state index in [4.69, 9.17) is 16.3 Å². The molecule has 2 aromatic rings. The lowest BCUT2D eigenvalue weighted by atomic mass is 9.87. The fourth-order valence-corrected chi connectivity index (χ4v) is 1.99. The molecule has 3 heteroatoms. The first-order valence-electron chi connectivity index (χ1n) is 6.44. The van der Waals surface area contributed by atoms with Gasteiger partial charge in [-0.15, -0.1) is 0 Å². The number of halogens is 1. The van der Waals surface area contributed by atoms with Crippen LogP contribution < -0.4 is 4.74 Å². The molecule has 0 unspecified atom stereocenters. The van der Waals surface area contributed by atoms with Crippen LogP contribution in [0.2, 0.25) is 5.02 Å². The molecule has 20 heavy (non-hydrogen) atoms. The van der Waals surface area contributed by atoms with Gasteiger partial charge in [0, 0.05) is 5.02 Å². The summed E-state index contributed by atoms with van der Waals surface area (Å²) in [5.74, 6) is 0.124. The van der Waals surface area contributed by atoms with Crippen LogP contribution in [-0.4, -0.2) is 5.97 Å². The molecule has 104 valence electrons. The van der Waals surface area contributed by atoms with Crippen molar-refractivity contribution in [2.45, 2.75) is 26.2 Å². The van der Waals surface area contributed by atoms with E-state index in [9.17, 15) is 4.79 Å². The summed E-state index contributed by atoms with van der Waals surface area (Å²) in [5.41, 5.74) is 1.72. The summed E-state index contributed by atoms with van der Waals surface area (Å²) in [4.78, 5) is 12.0. The maximum Gasteiger partial charge on any atom is 0.343 e. The van der Waals surface area contributed by atoms with E-state index in [1.165, 1.54) is 5.56 Å². The van der Waals surface area contributed by atoms with Crippen LogP contribution in [0, 0.1) is 0 Å². The molecule has 0 N–H and O–H groups in total. The molecule has 0 heterocycles. The molecule has 0 fully saturated rings. The molecular weight excluding hydrogens is 272 g/mol. The third kappa shape index (κ3) is 3.61. The fraction of sp³-hybridized carbons (Fsp3) is 0.235. The second kappa shape index (κ2) is 5.68. The molecule has 2 nitrogen and oxygen atoms in total. The summed E-state index contributed by atoms with van der Waals surface area (Å²) < 4.78 is 5.33. The standard InChI is InChI=1S/C17H17ClO2/c1-17(2,3)13-7-9-15(10-8-13)20-16(19)12-5-4-6-14(18)11-12/h4-11H,1-3H3. The van der Waals surface area contributed by atoms with Gasteiger partial charge in [0.15, 0.2) is 0 Å². The minimum atomic E-state index is -0.406. The number of esters is 1. The van der Waals surface area contributed by atoms with Crippen molar-refractivity contribution < 1.29 is 9.53 Å². The molecule has 2 aromatic carbocycles. The van der Waals surface area contributed by atoms with Crippen molar-refractivity contribution in [1.29, 1.82) is 0 Å².